The molecule has 0 bridgehead atoms. The van der Waals surface area contributed by atoms with Crippen molar-refractivity contribution in [3.63, 3.8) is 0 Å². The molecule has 0 aliphatic carbocycles. The fraction of sp³-hybridized carbons (Fsp3) is 0.500. The molecule has 2 aliphatic rings. The molecule has 2 heterocycles. The largest absolute Gasteiger partial charge is 0.365 e. The van der Waals surface area contributed by atoms with Crippen LogP contribution in [0.15, 0.2) is 12.1 Å². The van der Waals surface area contributed by atoms with E-state index in [1.165, 1.54) is 12.1 Å². The standard InChI is InChI=1S/C12H13FIN3O2/c13-9-1-11(12(17(18)19)2-10(9)14)16-5-7-3-15-4-8(7)6-16/h1-2,7-8,15H,3-6H2/t7-,8+. The molecule has 7 heteroatoms. The predicted molar refractivity (Wildman–Crippen MR) is 77.8 cm³/mol. The molecule has 5 nitrogen and oxygen atoms in total. The second-order valence-corrected chi connectivity index (χ2v) is 6.26. The number of anilines is 1. The third-order valence-corrected chi connectivity index (χ3v) is 4.77. The van der Waals surface area contributed by atoms with Crippen molar-refractivity contribution < 1.29 is 9.31 Å². The number of fused-ring (bicyclic) bond motifs is 1. The Morgan fingerprint density at radius 2 is 2.00 bits per heavy atom. The van der Waals surface area contributed by atoms with Crippen molar-refractivity contribution in [2.75, 3.05) is 31.1 Å². The summed E-state index contributed by atoms with van der Waals surface area (Å²) in [4.78, 5) is 12.7. The van der Waals surface area contributed by atoms with Gasteiger partial charge in [0.2, 0.25) is 0 Å². The molecule has 102 valence electrons. The fourth-order valence-electron chi connectivity index (χ4n) is 2.98. The Morgan fingerprint density at radius 1 is 1.37 bits per heavy atom. The minimum Gasteiger partial charge on any atom is -0.365 e. The van der Waals surface area contributed by atoms with Crippen molar-refractivity contribution >= 4 is 34.0 Å². The lowest BCUT2D eigenvalue weighted by Gasteiger charge is -2.19. The average Bonchev–Trinajstić information content (AvgIpc) is 2.92. The van der Waals surface area contributed by atoms with Gasteiger partial charge in [-0.3, -0.25) is 10.1 Å². The van der Waals surface area contributed by atoms with E-state index in [2.05, 4.69) is 5.32 Å². The fourth-order valence-corrected chi connectivity index (χ4v) is 3.43. The van der Waals surface area contributed by atoms with Gasteiger partial charge in [0.25, 0.3) is 5.69 Å². The minimum atomic E-state index is -0.427. The van der Waals surface area contributed by atoms with Crippen LogP contribution in [0.2, 0.25) is 0 Å². The van der Waals surface area contributed by atoms with Crippen LogP contribution in [0.4, 0.5) is 15.8 Å². The number of benzene rings is 1. The Morgan fingerprint density at radius 3 is 2.58 bits per heavy atom. The van der Waals surface area contributed by atoms with Crippen molar-refractivity contribution in [2.45, 2.75) is 0 Å². The van der Waals surface area contributed by atoms with Gasteiger partial charge in [-0.15, -0.1) is 0 Å². The summed E-state index contributed by atoms with van der Waals surface area (Å²) in [6.07, 6.45) is 0. The highest BCUT2D eigenvalue weighted by Gasteiger charge is 2.38. The maximum absolute atomic E-state index is 13.7. The molecular formula is C12H13FIN3O2. The number of nitro groups is 1. The lowest BCUT2D eigenvalue weighted by Crippen LogP contribution is -2.26. The smallest absolute Gasteiger partial charge is 0.293 e. The summed E-state index contributed by atoms with van der Waals surface area (Å²) < 4.78 is 14.0. The highest BCUT2D eigenvalue weighted by Crippen LogP contribution is 2.37. The van der Waals surface area contributed by atoms with Crippen molar-refractivity contribution in [3.05, 3.63) is 31.6 Å². The summed E-state index contributed by atoms with van der Waals surface area (Å²) in [6.45, 7) is 3.42. The van der Waals surface area contributed by atoms with Crippen LogP contribution < -0.4 is 10.2 Å². The van der Waals surface area contributed by atoms with Gasteiger partial charge < -0.3 is 10.2 Å². The van der Waals surface area contributed by atoms with Gasteiger partial charge in [0.15, 0.2) is 0 Å². The first kappa shape index (κ1) is 13.0. The number of nitro benzene ring substituents is 1. The predicted octanol–water partition coefficient (Wildman–Crippen LogP) is 1.99. The van der Waals surface area contributed by atoms with Gasteiger partial charge in [-0.2, -0.15) is 0 Å². The van der Waals surface area contributed by atoms with E-state index < -0.39 is 10.7 Å². The van der Waals surface area contributed by atoms with Crippen LogP contribution >= 0.6 is 22.6 Å². The third-order valence-electron chi connectivity index (χ3n) is 3.94. The zero-order valence-corrected chi connectivity index (χ0v) is 12.3. The van der Waals surface area contributed by atoms with Crippen LogP contribution in [-0.4, -0.2) is 31.1 Å². The van der Waals surface area contributed by atoms with Crippen LogP contribution in [0.5, 0.6) is 0 Å². The SMILES string of the molecule is O=[N+]([O-])c1cc(I)c(F)cc1N1C[C@H]2CNC[C@H]2C1. The monoisotopic (exact) mass is 377 g/mol. The Bertz CT molecular complexity index is 528. The molecule has 1 aromatic carbocycles. The highest BCUT2D eigenvalue weighted by atomic mass is 127. The van der Waals surface area contributed by atoms with E-state index in [9.17, 15) is 14.5 Å². The molecule has 0 radical (unpaired) electrons. The zero-order valence-electron chi connectivity index (χ0n) is 10.1. The molecule has 1 N–H and O–H groups in total. The van der Waals surface area contributed by atoms with E-state index in [-0.39, 0.29) is 9.26 Å². The number of hydrogen-bond acceptors (Lipinski definition) is 4. The molecule has 2 aliphatic heterocycles. The van der Waals surface area contributed by atoms with E-state index in [1.807, 2.05) is 4.90 Å². The number of nitrogens with one attached hydrogen (secondary N) is 1. The van der Waals surface area contributed by atoms with Gasteiger partial charge in [-0.1, -0.05) is 0 Å². The van der Waals surface area contributed by atoms with Gasteiger partial charge in [-0.05, 0) is 34.4 Å². The van der Waals surface area contributed by atoms with Crippen molar-refractivity contribution in [2.24, 2.45) is 11.8 Å². The summed E-state index contributed by atoms with van der Waals surface area (Å²) in [6, 6.07) is 2.62. The molecule has 2 fully saturated rings. The topological polar surface area (TPSA) is 58.4 Å². The molecular weight excluding hydrogens is 364 g/mol. The summed E-state index contributed by atoms with van der Waals surface area (Å²) in [5.41, 5.74) is 0.413. The number of nitrogens with zero attached hydrogens (tertiary/aromatic N) is 2. The zero-order chi connectivity index (χ0) is 13.6. The van der Waals surface area contributed by atoms with Crippen LogP contribution in [0.3, 0.4) is 0 Å². The second kappa shape index (κ2) is 4.86. The molecule has 2 atom stereocenters. The van der Waals surface area contributed by atoms with Crippen molar-refractivity contribution in [1.29, 1.82) is 0 Å². The lowest BCUT2D eigenvalue weighted by atomic mass is 10.0. The Kier molecular flexibility index (Phi) is 3.34. The molecule has 1 aromatic rings. The maximum Gasteiger partial charge on any atom is 0.293 e. The number of rotatable bonds is 2. The first-order chi connectivity index (χ1) is 9.06. The van der Waals surface area contributed by atoms with E-state index >= 15 is 0 Å². The molecule has 0 saturated carbocycles. The first-order valence-electron chi connectivity index (χ1n) is 6.15. The van der Waals surface area contributed by atoms with Crippen LogP contribution in [0, 0.1) is 31.3 Å². The highest BCUT2D eigenvalue weighted by molar-refractivity contribution is 14.1. The quantitative estimate of drug-likeness (QED) is 0.487. The van der Waals surface area contributed by atoms with E-state index in [0.717, 1.165) is 26.2 Å². The van der Waals surface area contributed by atoms with Crippen molar-refractivity contribution in [3.8, 4) is 0 Å². The minimum absolute atomic E-state index is 0.00117. The Balaban J connectivity index is 1.96. The second-order valence-electron chi connectivity index (χ2n) is 5.10. The molecule has 0 spiro atoms. The van der Waals surface area contributed by atoms with E-state index in [0.29, 0.717) is 17.5 Å². The third kappa shape index (κ3) is 2.29. The van der Waals surface area contributed by atoms with Gasteiger partial charge >= 0.3 is 0 Å². The van der Waals surface area contributed by atoms with Gasteiger partial charge in [0.05, 0.1) is 8.49 Å². The lowest BCUT2D eigenvalue weighted by molar-refractivity contribution is -0.384. The van der Waals surface area contributed by atoms with Crippen LogP contribution in [-0.2, 0) is 0 Å². The normalized spacial score (nSPS) is 25.7. The van der Waals surface area contributed by atoms with Gasteiger partial charge in [0, 0.05) is 38.3 Å². The summed E-state index contributed by atoms with van der Waals surface area (Å²) in [5.74, 6) is 0.639. The molecule has 0 aromatic heterocycles. The van der Waals surface area contributed by atoms with E-state index in [1.54, 1.807) is 22.6 Å². The van der Waals surface area contributed by atoms with E-state index in [4.69, 9.17) is 0 Å². The van der Waals surface area contributed by atoms with Gasteiger partial charge in [-0.25, -0.2) is 4.39 Å². The van der Waals surface area contributed by atoms with Crippen LogP contribution in [0.1, 0.15) is 0 Å². The molecule has 2 saturated heterocycles. The molecule has 0 unspecified atom stereocenters. The number of hydrogen-bond donors (Lipinski definition) is 1. The molecule has 3 rings (SSSR count). The molecule has 19 heavy (non-hydrogen) atoms. The van der Waals surface area contributed by atoms with Crippen molar-refractivity contribution in [1.82, 2.24) is 5.32 Å². The Labute approximate surface area is 123 Å². The molecule has 0 amide bonds. The number of halogens is 2. The summed E-state index contributed by atoms with van der Waals surface area (Å²) in [5, 5.41) is 14.4. The van der Waals surface area contributed by atoms with Gasteiger partial charge in [0.1, 0.15) is 11.5 Å². The summed E-state index contributed by atoms with van der Waals surface area (Å²) >= 11 is 1.78. The Hall–Kier alpha value is -0.960. The average molecular weight is 377 g/mol. The summed E-state index contributed by atoms with van der Waals surface area (Å²) in [7, 11) is 0. The van der Waals surface area contributed by atoms with Crippen LogP contribution in [0.25, 0.3) is 0 Å². The first-order valence-corrected chi connectivity index (χ1v) is 7.23. The maximum atomic E-state index is 13.7.